The molecule has 0 saturated carbocycles. The first-order valence-corrected chi connectivity index (χ1v) is 7.51. The molecule has 1 amide bonds. The maximum atomic E-state index is 12.1. The number of benzene rings is 1. The Morgan fingerprint density at radius 2 is 1.90 bits per heavy atom. The minimum Gasteiger partial charge on any atom is -0.352 e. The molecular formula is C16H27N3O. The maximum Gasteiger partial charge on any atom is 0.251 e. The lowest BCUT2D eigenvalue weighted by molar-refractivity contribution is 0.0951. The molecule has 0 aliphatic carbocycles. The van der Waals surface area contributed by atoms with Crippen LogP contribution >= 0.6 is 0 Å². The summed E-state index contributed by atoms with van der Waals surface area (Å²) in [6.45, 7) is 8.75. The van der Waals surface area contributed by atoms with Crippen molar-refractivity contribution in [3.05, 3.63) is 35.4 Å². The van der Waals surface area contributed by atoms with Crippen LogP contribution in [0.25, 0.3) is 0 Å². The molecule has 4 nitrogen and oxygen atoms in total. The van der Waals surface area contributed by atoms with E-state index in [1.165, 1.54) is 0 Å². The third-order valence-electron chi connectivity index (χ3n) is 3.56. The van der Waals surface area contributed by atoms with Crippen molar-refractivity contribution < 1.29 is 4.79 Å². The predicted molar refractivity (Wildman–Crippen MR) is 83.7 cm³/mol. The van der Waals surface area contributed by atoms with Crippen molar-refractivity contribution in [2.24, 2.45) is 5.73 Å². The van der Waals surface area contributed by atoms with Crippen molar-refractivity contribution in [3.63, 3.8) is 0 Å². The molecule has 0 aromatic heterocycles. The van der Waals surface area contributed by atoms with Gasteiger partial charge in [0.1, 0.15) is 0 Å². The normalized spacial score (nSPS) is 10.8. The molecule has 20 heavy (non-hydrogen) atoms. The summed E-state index contributed by atoms with van der Waals surface area (Å²) in [6.07, 6.45) is 2.12. The quantitative estimate of drug-likeness (QED) is 0.679. The Balaban J connectivity index is 2.30. The summed E-state index contributed by atoms with van der Waals surface area (Å²) < 4.78 is 0. The SMILES string of the molecule is CCN(CC)CCCCNC(=O)c1ccccc1CN. The van der Waals surface area contributed by atoms with Crippen molar-refractivity contribution in [1.29, 1.82) is 0 Å². The van der Waals surface area contributed by atoms with E-state index >= 15 is 0 Å². The molecule has 1 rings (SSSR count). The Bertz CT molecular complexity index is 402. The number of nitrogens with one attached hydrogen (secondary N) is 1. The molecule has 1 aromatic carbocycles. The number of nitrogens with zero attached hydrogens (tertiary/aromatic N) is 1. The molecule has 0 aliphatic rings. The molecule has 0 spiro atoms. The van der Waals surface area contributed by atoms with Crippen molar-refractivity contribution in [1.82, 2.24) is 10.2 Å². The summed E-state index contributed by atoms with van der Waals surface area (Å²) in [6, 6.07) is 7.50. The fraction of sp³-hybridized carbons (Fsp3) is 0.562. The maximum absolute atomic E-state index is 12.1. The third-order valence-corrected chi connectivity index (χ3v) is 3.56. The van der Waals surface area contributed by atoms with Gasteiger partial charge in [-0.2, -0.15) is 0 Å². The van der Waals surface area contributed by atoms with Gasteiger partial charge < -0.3 is 16.0 Å². The Morgan fingerprint density at radius 1 is 1.20 bits per heavy atom. The smallest absolute Gasteiger partial charge is 0.251 e. The lowest BCUT2D eigenvalue weighted by Gasteiger charge is -2.17. The van der Waals surface area contributed by atoms with Crippen LogP contribution < -0.4 is 11.1 Å². The highest BCUT2D eigenvalue weighted by atomic mass is 16.1. The van der Waals surface area contributed by atoms with Gasteiger partial charge in [-0.1, -0.05) is 32.0 Å². The van der Waals surface area contributed by atoms with Gasteiger partial charge in [0.25, 0.3) is 5.91 Å². The van der Waals surface area contributed by atoms with Crippen LogP contribution in [0.4, 0.5) is 0 Å². The lowest BCUT2D eigenvalue weighted by atomic mass is 10.1. The van der Waals surface area contributed by atoms with Gasteiger partial charge in [-0.25, -0.2) is 0 Å². The number of amides is 1. The number of rotatable bonds is 9. The van der Waals surface area contributed by atoms with Gasteiger partial charge in [0.05, 0.1) is 0 Å². The van der Waals surface area contributed by atoms with E-state index in [0.29, 0.717) is 12.1 Å². The number of hydrogen-bond acceptors (Lipinski definition) is 3. The fourth-order valence-corrected chi connectivity index (χ4v) is 2.22. The van der Waals surface area contributed by atoms with Crippen LogP contribution in [0.15, 0.2) is 24.3 Å². The Hall–Kier alpha value is -1.39. The summed E-state index contributed by atoms with van der Waals surface area (Å²) in [4.78, 5) is 14.5. The number of unbranched alkanes of at least 4 members (excludes halogenated alkanes) is 1. The predicted octanol–water partition coefficient (Wildman–Crippen LogP) is 2.00. The van der Waals surface area contributed by atoms with Crippen molar-refractivity contribution in [3.8, 4) is 0 Å². The zero-order valence-corrected chi connectivity index (χ0v) is 12.7. The molecular weight excluding hydrogens is 250 g/mol. The van der Waals surface area contributed by atoms with Crippen molar-refractivity contribution in [2.75, 3.05) is 26.2 Å². The highest BCUT2D eigenvalue weighted by Crippen LogP contribution is 2.07. The first-order chi connectivity index (χ1) is 9.72. The minimum atomic E-state index is -0.0195. The summed E-state index contributed by atoms with van der Waals surface area (Å²) >= 11 is 0. The molecule has 4 heteroatoms. The molecule has 3 N–H and O–H groups in total. The van der Waals surface area contributed by atoms with E-state index in [0.717, 1.165) is 44.6 Å². The molecule has 0 bridgehead atoms. The van der Waals surface area contributed by atoms with E-state index in [9.17, 15) is 4.79 Å². The number of hydrogen-bond donors (Lipinski definition) is 2. The average molecular weight is 277 g/mol. The van der Waals surface area contributed by atoms with Crippen LogP contribution in [0.3, 0.4) is 0 Å². The van der Waals surface area contributed by atoms with Crippen LogP contribution in [0.1, 0.15) is 42.6 Å². The fourth-order valence-electron chi connectivity index (χ4n) is 2.22. The largest absolute Gasteiger partial charge is 0.352 e. The number of nitrogens with two attached hydrogens (primary N) is 1. The molecule has 1 aromatic rings. The highest BCUT2D eigenvalue weighted by Gasteiger charge is 2.08. The first-order valence-electron chi connectivity index (χ1n) is 7.51. The van der Waals surface area contributed by atoms with Gasteiger partial charge in [-0.15, -0.1) is 0 Å². The summed E-state index contributed by atoms with van der Waals surface area (Å²) in [5.74, 6) is -0.0195. The van der Waals surface area contributed by atoms with Crippen molar-refractivity contribution >= 4 is 5.91 Å². The second-order valence-corrected chi connectivity index (χ2v) is 4.85. The van der Waals surface area contributed by atoms with Gasteiger partial charge in [0.15, 0.2) is 0 Å². The summed E-state index contributed by atoms with van der Waals surface area (Å²) in [5.41, 5.74) is 7.23. The third kappa shape index (κ3) is 5.31. The monoisotopic (exact) mass is 277 g/mol. The van der Waals surface area contributed by atoms with Crippen LogP contribution in [-0.2, 0) is 6.54 Å². The van der Waals surface area contributed by atoms with Crippen LogP contribution in [0.5, 0.6) is 0 Å². The van der Waals surface area contributed by atoms with Gasteiger partial charge in [0.2, 0.25) is 0 Å². The minimum absolute atomic E-state index is 0.0195. The summed E-state index contributed by atoms with van der Waals surface area (Å²) in [5, 5.41) is 2.97. The second kappa shape index (κ2) is 9.50. The molecule has 112 valence electrons. The Kier molecular flexibility index (Phi) is 7.92. The molecule has 0 saturated heterocycles. The molecule has 0 fully saturated rings. The van der Waals surface area contributed by atoms with Gasteiger partial charge in [-0.05, 0) is 44.1 Å². The van der Waals surface area contributed by atoms with Gasteiger partial charge in [-0.3, -0.25) is 4.79 Å². The molecule has 0 unspecified atom stereocenters. The van der Waals surface area contributed by atoms with Gasteiger partial charge in [0, 0.05) is 18.7 Å². The topological polar surface area (TPSA) is 58.4 Å². The molecule has 0 aliphatic heterocycles. The van der Waals surface area contributed by atoms with Crippen LogP contribution in [0.2, 0.25) is 0 Å². The number of carbonyl (C=O) groups is 1. The van der Waals surface area contributed by atoms with Gasteiger partial charge >= 0.3 is 0 Å². The second-order valence-electron chi connectivity index (χ2n) is 4.85. The van der Waals surface area contributed by atoms with E-state index in [-0.39, 0.29) is 5.91 Å². The highest BCUT2D eigenvalue weighted by molar-refractivity contribution is 5.95. The molecule has 0 heterocycles. The lowest BCUT2D eigenvalue weighted by Crippen LogP contribution is -2.28. The Labute approximate surface area is 122 Å². The standard InChI is InChI=1S/C16H27N3O/c1-3-19(4-2)12-8-7-11-18-16(20)15-10-6-5-9-14(15)13-17/h5-6,9-10H,3-4,7-8,11-13,17H2,1-2H3,(H,18,20). The van der Waals surface area contributed by atoms with Crippen molar-refractivity contribution in [2.45, 2.75) is 33.2 Å². The van der Waals surface area contributed by atoms with E-state index < -0.39 is 0 Å². The van der Waals surface area contributed by atoms with E-state index in [1.54, 1.807) is 0 Å². The zero-order chi connectivity index (χ0) is 14.8. The van der Waals surface area contributed by atoms with Crippen LogP contribution in [0, 0.1) is 0 Å². The average Bonchev–Trinajstić information content (AvgIpc) is 2.50. The van der Waals surface area contributed by atoms with E-state index in [4.69, 9.17) is 5.73 Å². The first kappa shape index (κ1) is 16.7. The van der Waals surface area contributed by atoms with Crippen LogP contribution in [-0.4, -0.2) is 37.0 Å². The zero-order valence-electron chi connectivity index (χ0n) is 12.7. The molecule has 0 radical (unpaired) electrons. The number of carbonyl (C=O) groups excluding carboxylic acids is 1. The summed E-state index contributed by atoms with van der Waals surface area (Å²) in [7, 11) is 0. The van der Waals surface area contributed by atoms with E-state index in [1.807, 2.05) is 24.3 Å². The Morgan fingerprint density at radius 3 is 2.55 bits per heavy atom. The molecule has 0 atom stereocenters. The van der Waals surface area contributed by atoms with E-state index in [2.05, 4.69) is 24.1 Å².